The standard InChI is InChI=1S/C12H22O/c1-12(2,3)6-4-5-9-10-7-13-8-11(9)10/h9-11H,4-8H2,1-3H3/i5D2. The van der Waals surface area contributed by atoms with Crippen molar-refractivity contribution in [2.24, 2.45) is 23.2 Å². The summed E-state index contributed by atoms with van der Waals surface area (Å²) in [5.41, 5.74) is 0.244. The minimum Gasteiger partial charge on any atom is -0.381 e. The highest BCUT2D eigenvalue weighted by atomic mass is 16.5. The average molecular weight is 184 g/mol. The van der Waals surface area contributed by atoms with Gasteiger partial charge in [0.1, 0.15) is 0 Å². The van der Waals surface area contributed by atoms with E-state index in [2.05, 4.69) is 20.8 Å². The fraction of sp³-hybridized carbons (Fsp3) is 1.00. The lowest BCUT2D eigenvalue weighted by Gasteiger charge is -2.17. The third-order valence-corrected chi connectivity index (χ3v) is 3.21. The largest absolute Gasteiger partial charge is 0.381 e. The van der Waals surface area contributed by atoms with Crippen molar-refractivity contribution in [2.75, 3.05) is 13.2 Å². The zero-order valence-electron chi connectivity index (χ0n) is 11.0. The molecule has 1 aliphatic heterocycles. The maximum Gasteiger partial charge on any atom is 0.0500 e. The number of ether oxygens (including phenoxy) is 1. The molecule has 0 spiro atoms. The third-order valence-electron chi connectivity index (χ3n) is 3.21. The second-order valence-corrected chi connectivity index (χ2v) is 5.66. The van der Waals surface area contributed by atoms with E-state index in [1.807, 2.05) is 0 Å². The highest BCUT2D eigenvalue weighted by Crippen LogP contribution is 2.53. The summed E-state index contributed by atoms with van der Waals surface area (Å²) in [6.07, 6.45) is 0.706. The normalized spacial score (nSPS) is 41.0. The van der Waals surface area contributed by atoms with E-state index in [0.29, 0.717) is 18.3 Å². The van der Waals surface area contributed by atoms with E-state index in [9.17, 15) is 0 Å². The third kappa shape index (κ3) is 2.25. The molecule has 1 saturated carbocycles. The molecular weight excluding hydrogens is 160 g/mol. The lowest BCUT2D eigenvalue weighted by Crippen LogP contribution is -2.05. The Balaban J connectivity index is 1.85. The summed E-state index contributed by atoms with van der Waals surface area (Å²) in [7, 11) is 0. The van der Waals surface area contributed by atoms with Crippen LogP contribution in [-0.4, -0.2) is 13.2 Å². The first kappa shape index (κ1) is 7.28. The quantitative estimate of drug-likeness (QED) is 0.655. The number of fused-ring (bicyclic) bond motifs is 1. The van der Waals surface area contributed by atoms with Crippen LogP contribution >= 0.6 is 0 Å². The molecule has 1 heterocycles. The number of hydrogen-bond acceptors (Lipinski definition) is 1. The Bertz CT molecular complexity index is 234. The second kappa shape index (κ2) is 3.27. The van der Waals surface area contributed by atoms with E-state index >= 15 is 0 Å². The SMILES string of the molecule is [2H]C([2H])(CCC(C)(C)C)C1C2COCC21. The number of rotatable bonds is 3. The number of hydrogen-bond donors (Lipinski definition) is 0. The minimum atomic E-state index is -0.966. The summed E-state index contributed by atoms with van der Waals surface area (Å²) in [5.74, 6) is 1.34. The van der Waals surface area contributed by atoms with E-state index in [0.717, 1.165) is 19.6 Å². The summed E-state index contributed by atoms with van der Waals surface area (Å²) < 4.78 is 21.6. The fourth-order valence-corrected chi connectivity index (χ4v) is 2.16. The van der Waals surface area contributed by atoms with Gasteiger partial charge in [0.05, 0.1) is 13.2 Å². The van der Waals surface area contributed by atoms with Crippen LogP contribution in [0.1, 0.15) is 42.7 Å². The zero-order chi connectivity index (χ0) is 11.3. The van der Waals surface area contributed by atoms with Crippen molar-refractivity contribution >= 4 is 0 Å². The molecule has 1 nitrogen and oxygen atoms in total. The summed E-state index contributed by atoms with van der Waals surface area (Å²) in [6.45, 7) is 8.13. The second-order valence-electron chi connectivity index (χ2n) is 5.66. The van der Waals surface area contributed by atoms with Crippen LogP contribution in [-0.2, 0) is 4.74 Å². The summed E-state index contributed by atoms with van der Waals surface area (Å²) in [4.78, 5) is 0. The van der Waals surface area contributed by atoms with Crippen LogP contribution in [0.4, 0.5) is 0 Å². The van der Waals surface area contributed by atoms with Gasteiger partial charge >= 0.3 is 0 Å². The first-order chi connectivity index (χ1) is 6.81. The van der Waals surface area contributed by atoms with E-state index in [-0.39, 0.29) is 11.3 Å². The molecular formula is C12H22O. The molecule has 0 radical (unpaired) electrons. The summed E-state index contributed by atoms with van der Waals surface area (Å²) in [6, 6.07) is 0. The lowest BCUT2D eigenvalue weighted by atomic mass is 9.89. The molecule has 0 N–H and O–H groups in total. The molecule has 0 aromatic carbocycles. The molecule has 2 unspecified atom stereocenters. The van der Waals surface area contributed by atoms with Gasteiger partial charge in [-0.25, -0.2) is 0 Å². The van der Waals surface area contributed by atoms with Gasteiger partial charge in [0.15, 0.2) is 0 Å². The van der Waals surface area contributed by atoms with Crippen molar-refractivity contribution < 1.29 is 7.48 Å². The Kier molecular flexibility index (Phi) is 1.83. The molecule has 76 valence electrons. The van der Waals surface area contributed by atoms with Gasteiger partial charge in [-0.1, -0.05) is 27.2 Å². The smallest absolute Gasteiger partial charge is 0.0500 e. The van der Waals surface area contributed by atoms with Crippen molar-refractivity contribution in [3.8, 4) is 0 Å². The topological polar surface area (TPSA) is 9.23 Å². The van der Waals surface area contributed by atoms with E-state index < -0.39 is 6.37 Å². The maximum atomic E-state index is 8.13. The van der Waals surface area contributed by atoms with Crippen LogP contribution in [0.3, 0.4) is 0 Å². The zero-order valence-corrected chi connectivity index (χ0v) is 8.97. The molecule has 0 bridgehead atoms. The predicted octanol–water partition coefficient (Wildman–Crippen LogP) is 3.10. The van der Waals surface area contributed by atoms with Crippen molar-refractivity contribution in [1.29, 1.82) is 0 Å². The van der Waals surface area contributed by atoms with E-state index in [1.165, 1.54) is 0 Å². The highest BCUT2D eigenvalue weighted by Gasteiger charge is 2.52. The predicted molar refractivity (Wildman–Crippen MR) is 54.6 cm³/mol. The molecule has 2 fully saturated rings. The van der Waals surface area contributed by atoms with Gasteiger partial charge < -0.3 is 4.74 Å². The first-order valence-electron chi connectivity index (χ1n) is 6.39. The first-order valence-corrected chi connectivity index (χ1v) is 5.39. The van der Waals surface area contributed by atoms with E-state index in [4.69, 9.17) is 7.48 Å². The molecule has 0 aromatic heterocycles. The van der Waals surface area contributed by atoms with Crippen molar-refractivity contribution in [1.82, 2.24) is 0 Å². The molecule has 0 amide bonds. The highest BCUT2D eigenvalue weighted by molar-refractivity contribution is 4.99. The van der Waals surface area contributed by atoms with Crippen molar-refractivity contribution in [2.45, 2.75) is 40.0 Å². The van der Waals surface area contributed by atoms with Crippen LogP contribution in [0, 0.1) is 23.2 Å². The van der Waals surface area contributed by atoms with Gasteiger partial charge in [0.2, 0.25) is 0 Å². The molecule has 2 atom stereocenters. The summed E-state index contributed by atoms with van der Waals surface area (Å²) >= 11 is 0. The Labute approximate surface area is 84.7 Å². The molecule has 2 rings (SSSR count). The Hall–Kier alpha value is -0.0400. The molecule has 1 saturated heterocycles. The van der Waals surface area contributed by atoms with Crippen LogP contribution in [0.25, 0.3) is 0 Å². The fourth-order valence-electron chi connectivity index (χ4n) is 2.16. The van der Waals surface area contributed by atoms with Crippen LogP contribution in [0.15, 0.2) is 0 Å². The van der Waals surface area contributed by atoms with Gasteiger partial charge in [0, 0.05) is 2.74 Å². The van der Waals surface area contributed by atoms with E-state index in [1.54, 1.807) is 0 Å². The average Bonchev–Trinajstić information content (AvgIpc) is 2.60. The Morgan fingerprint density at radius 1 is 1.31 bits per heavy atom. The van der Waals surface area contributed by atoms with Crippen LogP contribution < -0.4 is 0 Å². The lowest BCUT2D eigenvalue weighted by molar-refractivity contribution is 0.148. The van der Waals surface area contributed by atoms with Crippen LogP contribution in [0.2, 0.25) is 0 Å². The maximum absolute atomic E-state index is 8.13. The Morgan fingerprint density at radius 3 is 2.46 bits per heavy atom. The molecule has 13 heavy (non-hydrogen) atoms. The molecule has 1 aliphatic carbocycles. The molecule has 2 aliphatic rings. The molecule has 1 heteroatoms. The van der Waals surface area contributed by atoms with Gasteiger partial charge in [-0.3, -0.25) is 0 Å². The van der Waals surface area contributed by atoms with Gasteiger partial charge in [-0.15, -0.1) is 0 Å². The van der Waals surface area contributed by atoms with Crippen LogP contribution in [0.5, 0.6) is 0 Å². The van der Waals surface area contributed by atoms with Gasteiger partial charge in [-0.2, -0.15) is 0 Å². The van der Waals surface area contributed by atoms with Gasteiger partial charge in [0.25, 0.3) is 0 Å². The van der Waals surface area contributed by atoms with Gasteiger partial charge in [-0.05, 0) is 36.0 Å². The molecule has 0 aromatic rings. The van der Waals surface area contributed by atoms with Crippen molar-refractivity contribution in [3.05, 3.63) is 0 Å². The van der Waals surface area contributed by atoms with Crippen molar-refractivity contribution in [3.63, 3.8) is 0 Å². The Morgan fingerprint density at radius 2 is 1.92 bits per heavy atom. The minimum absolute atomic E-state index is 0.244. The summed E-state index contributed by atoms with van der Waals surface area (Å²) in [5, 5.41) is 0. The monoisotopic (exact) mass is 184 g/mol.